The number of benzene rings is 1. The zero-order chi connectivity index (χ0) is 13.8. The van der Waals surface area contributed by atoms with Gasteiger partial charge in [-0.15, -0.1) is 11.3 Å². The van der Waals surface area contributed by atoms with E-state index >= 15 is 0 Å². The first kappa shape index (κ1) is 14.2. The Kier molecular flexibility index (Phi) is 4.73. The van der Waals surface area contributed by atoms with E-state index in [9.17, 15) is 9.59 Å². The first-order valence-corrected chi connectivity index (χ1v) is 7.58. The van der Waals surface area contributed by atoms with Crippen molar-refractivity contribution in [3.05, 3.63) is 55.1 Å². The Morgan fingerprint density at radius 1 is 0.895 bits per heavy atom. The normalized spacial score (nSPS) is 10.0. The lowest BCUT2D eigenvalue weighted by Gasteiger charge is -2.06. The summed E-state index contributed by atoms with van der Waals surface area (Å²) in [4.78, 5) is 24.0. The minimum Gasteiger partial charge on any atom is -0.267 e. The van der Waals surface area contributed by atoms with Crippen LogP contribution in [0.4, 0.5) is 0 Å². The third-order valence-electron chi connectivity index (χ3n) is 2.19. The Hall–Kier alpha value is -1.18. The fourth-order valence-electron chi connectivity index (χ4n) is 1.28. The standard InChI is InChI=1S/C12H8Br2N2O2S/c13-8-3-1-7(2-4-8)11(17)15-16-12(18)9-5-6-10(14)19-9/h1-6H,(H,15,17)(H,16,18). The lowest BCUT2D eigenvalue weighted by Crippen LogP contribution is -2.41. The molecule has 0 radical (unpaired) electrons. The third-order valence-corrected chi connectivity index (χ3v) is 4.34. The second kappa shape index (κ2) is 6.31. The second-order valence-electron chi connectivity index (χ2n) is 3.52. The molecule has 0 saturated heterocycles. The predicted molar refractivity (Wildman–Crippen MR) is 81.1 cm³/mol. The van der Waals surface area contributed by atoms with Gasteiger partial charge in [0.25, 0.3) is 11.8 Å². The van der Waals surface area contributed by atoms with Gasteiger partial charge >= 0.3 is 0 Å². The molecule has 98 valence electrons. The second-order valence-corrected chi connectivity index (χ2v) is 6.90. The molecule has 0 aliphatic rings. The summed E-state index contributed by atoms with van der Waals surface area (Å²) >= 11 is 7.85. The predicted octanol–water partition coefficient (Wildman–Crippen LogP) is 3.35. The van der Waals surface area contributed by atoms with Crippen molar-refractivity contribution in [1.29, 1.82) is 0 Å². The van der Waals surface area contributed by atoms with Gasteiger partial charge in [0.05, 0.1) is 8.66 Å². The molecule has 0 aliphatic heterocycles. The highest BCUT2D eigenvalue weighted by atomic mass is 79.9. The third kappa shape index (κ3) is 3.89. The van der Waals surface area contributed by atoms with Gasteiger partial charge in [0.15, 0.2) is 0 Å². The molecular formula is C12H8Br2N2O2S. The fourth-order valence-corrected chi connectivity index (χ4v) is 2.83. The molecule has 7 heteroatoms. The Balaban J connectivity index is 1.93. The highest BCUT2D eigenvalue weighted by Crippen LogP contribution is 2.21. The first-order valence-electron chi connectivity index (χ1n) is 5.18. The quantitative estimate of drug-likeness (QED) is 0.755. The van der Waals surface area contributed by atoms with Gasteiger partial charge in [0.2, 0.25) is 0 Å². The number of halogens is 2. The van der Waals surface area contributed by atoms with E-state index in [1.165, 1.54) is 11.3 Å². The molecule has 0 unspecified atom stereocenters. The molecular weight excluding hydrogens is 396 g/mol. The molecule has 19 heavy (non-hydrogen) atoms. The number of carbonyl (C=O) groups is 2. The van der Waals surface area contributed by atoms with E-state index in [-0.39, 0.29) is 11.8 Å². The van der Waals surface area contributed by atoms with Gasteiger partial charge in [-0.3, -0.25) is 20.4 Å². The van der Waals surface area contributed by atoms with Crippen LogP contribution < -0.4 is 10.9 Å². The molecule has 2 aromatic rings. The summed E-state index contributed by atoms with van der Waals surface area (Å²) in [6.07, 6.45) is 0. The number of hydrazine groups is 1. The average molecular weight is 404 g/mol. The van der Waals surface area contributed by atoms with E-state index in [4.69, 9.17) is 0 Å². The lowest BCUT2D eigenvalue weighted by molar-refractivity contribution is 0.0849. The Labute approximate surface area is 130 Å². The minimum atomic E-state index is -0.364. The minimum absolute atomic E-state index is 0.346. The zero-order valence-corrected chi connectivity index (χ0v) is 13.4. The largest absolute Gasteiger partial charge is 0.279 e. The van der Waals surface area contributed by atoms with Crippen LogP contribution in [0.3, 0.4) is 0 Å². The molecule has 0 bridgehead atoms. The summed E-state index contributed by atoms with van der Waals surface area (Å²) in [5.41, 5.74) is 5.20. The van der Waals surface area contributed by atoms with Crippen molar-refractivity contribution in [2.24, 2.45) is 0 Å². The summed E-state index contributed by atoms with van der Waals surface area (Å²) < 4.78 is 1.74. The number of rotatable bonds is 2. The molecule has 1 heterocycles. The van der Waals surface area contributed by atoms with Crippen molar-refractivity contribution < 1.29 is 9.59 Å². The number of carbonyl (C=O) groups excluding carboxylic acids is 2. The van der Waals surface area contributed by atoms with Crippen LogP contribution in [0, 0.1) is 0 Å². The van der Waals surface area contributed by atoms with Gasteiger partial charge in [0, 0.05) is 10.0 Å². The van der Waals surface area contributed by atoms with Crippen molar-refractivity contribution in [2.75, 3.05) is 0 Å². The number of hydrogen-bond acceptors (Lipinski definition) is 3. The van der Waals surface area contributed by atoms with Crippen molar-refractivity contribution >= 4 is 55.0 Å². The first-order chi connectivity index (χ1) is 9.06. The average Bonchev–Trinajstić information content (AvgIpc) is 2.83. The summed E-state index contributed by atoms with van der Waals surface area (Å²) in [7, 11) is 0. The molecule has 4 nitrogen and oxygen atoms in total. The van der Waals surface area contributed by atoms with Crippen molar-refractivity contribution in [1.82, 2.24) is 10.9 Å². The molecule has 0 aliphatic carbocycles. The monoisotopic (exact) mass is 402 g/mol. The van der Waals surface area contributed by atoms with Gasteiger partial charge in [0.1, 0.15) is 0 Å². The smallest absolute Gasteiger partial charge is 0.267 e. The van der Waals surface area contributed by atoms with E-state index in [2.05, 4.69) is 42.7 Å². The summed E-state index contributed by atoms with van der Waals surface area (Å²) in [6.45, 7) is 0. The molecule has 1 aromatic heterocycles. The Bertz CT molecular complexity index is 610. The molecule has 2 amide bonds. The van der Waals surface area contributed by atoms with Crippen LogP contribution in [-0.4, -0.2) is 11.8 Å². The van der Waals surface area contributed by atoms with Crippen LogP contribution in [0.25, 0.3) is 0 Å². The highest BCUT2D eigenvalue weighted by molar-refractivity contribution is 9.11. The van der Waals surface area contributed by atoms with Crippen LogP contribution in [0.2, 0.25) is 0 Å². The van der Waals surface area contributed by atoms with Crippen LogP contribution in [0.5, 0.6) is 0 Å². The molecule has 2 N–H and O–H groups in total. The highest BCUT2D eigenvalue weighted by Gasteiger charge is 2.10. The molecule has 0 saturated carbocycles. The topological polar surface area (TPSA) is 58.2 Å². The molecule has 0 atom stereocenters. The molecule has 0 fully saturated rings. The van der Waals surface area contributed by atoms with E-state index in [1.807, 2.05) is 0 Å². The van der Waals surface area contributed by atoms with Crippen LogP contribution in [0.15, 0.2) is 44.7 Å². The van der Waals surface area contributed by atoms with Gasteiger partial charge in [-0.1, -0.05) is 15.9 Å². The maximum atomic E-state index is 11.7. The fraction of sp³-hybridized carbons (Fsp3) is 0. The number of thiophene rings is 1. The van der Waals surface area contributed by atoms with E-state index < -0.39 is 0 Å². The van der Waals surface area contributed by atoms with Gasteiger partial charge in [-0.05, 0) is 52.3 Å². The Morgan fingerprint density at radius 2 is 1.53 bits per heavy atom. The van der Waals surface area contributed by atoms with Crippen LogP contribution in [0.1, 0.15) is 20.0 Å². The van der Waals surface area contributed by atoms with Crippen molar-refractivity contribution in [2.45, 2.75) is 0 Å². The molecule has 0 spiro atoms. The van der Waals surface area contributed by atoms with Gasteiger partial charge in [-0.2, -0.15) is 0 Å². The maximum Gasteiger partial charge on any atom is 0.279 e. The number of nitrogens with one attached hydrogen (secondary N) is 2. The SMILES string of the molecule is O=C(NNC(=O)c1ccc(Br)s1)c1ccc(Br)cc1. The van der Waals surface area contributed by atoms with Gasteiger partial charge in [-0.25, -0.2) is 0 Å². The zero-order valence-electron chi connectivity index (χ0n) is 9.44. The van der Waals surface area contributed by atoms with Crippen molar-refractivity contribution in [3.63, 3.8) is 0 Å². The Morgan fingerprint density at radius 3 is 2.11 bits per heavy atom. The van der Waals surface area contributed by atoms with Gasteiger partial charge < -0.3 is 0 Å². The van der Waals surface area contributed by atoms with Crippen LogP contribution in [-0.2, 0) is 0 Å². The number of hydrogen-bond donors (Lipinski definition) is 2. The molecule has 1 aromatic carbocycles. The lowest BCUT2D eigenvalue weighted by atomic mass is 10.2. The van der Waals surface area contributed by atoms with E-state index in [0.717, 1.165) is 8.26 Å². The van der Waals surface area contributed by atoms with E-state index in [1.54, 1.807) is 36.4 Å². The van der Waals surface area contributed by atoms with Crippen LogP contribution >= 0.6 is 43.2 Å². The van der Waals surface area contributed by atoms with E-state index in [0.29, 0.717) is 10.4 Å². The summed E-state index contributed by atoms with van der Waals surface area (Å²) in [5, 5.41) is 0. The summed E-state index contributed by atoms with van der Waals surface area (Å²) in [6, 6.07) is 10.3. The number of amides is 2. The van der Waals surface area contributed by atoms with Crippen molar-refractivity contribution in [3.8, 4) is 0 Å². The summed E-state index contributed by atoms with van der Waals surface area (Å²) in [5.74, 6) is -0.711. The molecule has 2 rings (SSSR count). The maximum absolute atomic E-state index is 11.7.